The molecule has 0 fully saturated rings. The number of benzene rings is 4. The highest BCUT2D eigenvalue weighted by atomic mass is 35.5. The minimum atomic E-state index is -4.41. The van der Waals surface area contributed by atoms with E-state index in [0.717, 1.165) is 28.8 Å². The predicted octanol–water partition coefficient (Wildman–Crippen LogP) is 6.88. The van der Waals surface area contributed by atoms with Crippen LogP contribution < -0.4 is 9.62 Å². The van der Waals surface area contributed by atoms with Crippen LogP contribution in [0.15, 0.2) is 108 Å². The predicted molar refractivity (Wildman–Crippen MR) is 176 cm³/mol. The van der Waals surface area contributed by atoms with Crippen LogP contribution in [0, 0.1) is 5.82 Å². The molecule has 0 spiro atoms. The lowest BCUT2D eigenvalue weighted by molar-refractivity contribution is -0.140. The Kier molecular flexibility index (Phi) is 12.0. The molecular weight excluding hydrogens is 636 g/mol. The van der Waals surface area contributed by atoms with Crippen molar-refractivity contribution in [3.63, 3.8) is 0 Å². The van der Waals surface area contributed by atoms with Gasteiger partial charge in [0.25, 0.3) is 10.0 Å². The molecule has 2 amide bonds. The van der Waals surface area contributed by atoms with Gasteiger partial charge in [-0.1, -0.05) is 103 Å². The van der Waals surface area contributed by atoms with Gasteiger partial charge < -0.3 is 10.2 Å². The van der Waals surface area contributed by atoms with Crippen LogP contribution in [0.4, 0.5) is 10.1 Å². The summed E-state index contributed by atoms with van der Waals surface area (Å²) in [7, 11) is -4.41. The summed E-state index contributed by atoms with van der Waals surface area (Å²) in [6, 6.07) is 25.9. The Morgan fingerprint density at radius 2 is 1.49 bits per heavy atom. The number of rotatable bonds is 14. The van der Waals surface area contributed by atoms with E-state index >= 15 is 4.39 Å². The largest absolute Gasteiger partial charge is 0.354 e. The van der Waals surface area contributed by atoms with Gasteiger partial charge in [-0.3, -0.25) is 13.9 Å². The Hall–Kier alpha value is -3.92. The van der Waals surface area contributed by atoms with Gasteiger partial charge in [0, 0.05) is 19.5 Å². The average molecular weight is 671 g/mol. The number of para-hydroxylation sites is 1. The molecule has 0 aliphatic rings. The summed E-state index contributed by atoms with van der Waals surface area (Å²) >= 11 is 12.4. The van der Waals surface area contributed by atoms with Gasteiger partial charge in [0.1, 0.15) is 18.4 Å². The molecule has 4 rings (SSSR count). The summed E-state index contributed by atoms with van der Waals surface area (Å²) in [5, 5.41) is 3.50. The number of nitrogens with one attached hydrogen (secondary N) is 1. The van der Waals surface area contributed by atoms with E-state index in [1.54, 1.807) is 36.4 Å². The van der Waals surface area contributed by atoms with E-state index in [1.165, 1.54) is 35.2 Å². The van der Waals surface area contributed by atoms with Gasteiger partial charge in [-0.15, -0.1) is 0 Å². The van der Waals surface area contributed by atoms with Crippen LogP contribution in [0.2, 0.25) is 10.0 Å². The Morgan fingerprint density at radius 3 is 2.13 bits per heavy atom. The average Bonchev–Trinajstić information content (AvgIpc) is 3.04. The summed E-state index contributed by atoms with van der Waals surface area (Å²) in [5.74, 6) is -1.93. The lowest BCUT2D eigenvalue weighted by Crippen LogP contribution is -2.53. The zero-order valence-corrected chi connectivity index (χ0v) is 27.0. The lowest BCUT2D eigenvalue weighted by atomic mass is 10.0. The number of sulfonamides is 1. The number of unbranched alkanes of at least 4 members (excludes halogenated alkanes) is 1. The van der Waals surface area contributed by atoms with E-state index in [1.807, 2.05) is 37.3 Å². The summed E-state index contributed by atoms with van der Waals surface area (Å²) in [4.78, 5) is 29.4. The number of halogens is 3. The van der Waals surface area contributed by atoms with Crippen molar-refractivity contribution in [1.82, 2.24) is 10.2 Å². The molecule has 0 heterocycles. The molecule has 4 aromatic rings. The highest BCUT2D eigenvalue weighted by molar-refractivity contribution is 7.92. The van der Waals surface area contributed by atoms with Crippen molar-refractivity contribution in [3.8, 4) is 0 Å². The van der Waals surface area contributed by atoms with Crippen molar-refractivity contribution in [2.45, 2.75) is 43.7 Å². The standard InChI is InChI=1S/C34H34Cl2FN3O4S/c1-2-3-20-38-34(42)32(22-25-12-6-4-7-13-25)39(23-26-18-19-28(35)29(36)21-26)33(41)24-40(31-17-11-10-16-30(31)37)45(43,44)27-14-8-5-9-15-27/h4-19,21,32H,2-3,20,22-24H2,1H3,(H,38,42). The van der Waals surface area contributed by atoms with Gasteiger partial charge >= 0.3 is 0 Å². The number of hydrogen-bond donors (Lipinski definition) is 1. The topological polar surface area (TPSA) is 86.8 Å². The molecule has 0 saturated carbocycles. The zero-order chi connectivity index (χ0) is 32.4. The van der Waals surface area contributed by atoms with Gasteiger partial charge in [-0.05, 0) is 53.9 Å². The second-order valence-corrected chi connectivity index (χ2v) is 13.1. The molecule has 0 bridgehead atoms. The fraction of sp³-hybridized carbons (Fsp3) is 0.235. The second kappa shape index (κ2) is 15.9. The maximum atomic E-state index is 15.2. The van der Waals surface area contributed by atoms with E-state index in [-0.39, 0.29) is 28.6 Å². The smallest absolute Gasteiger partial charge is 0.264 e. The van der Waals surface area contributed by atoms with Gasteiger partial charge in [0.2, 0.25) is 11.8 Å². The first-order valence-corrected chi connectivity index (χ1v) is 16.7. The zero-order valence-electron chi connectivity index (χ0n) is 24.7. The molecule has 1 atom stereocenters. The molecule has 0 aliphatic carbocycles. The van der Waals surface area contributed by atoms with Crippen LogP contribution in [0.3, 0.4) is 0 Å². The van der Waals surface area contributed by atoms with Gasteiger partial charge in [-0.2, -0.15) is 0 Å². The van der Waals surface area contributed by atoms with E-state index < -0.39 is 40.2 Å². The van der Waals surface area contributed by atoms with E-state index in [2.05, 4.69) is 5.32 Å². The van der Waals surface area contributed by atoms with Gasteiger partial charge in [-0.25, -0.2) is 12.8 Å². The van der Waals surface area contributed by atoms with Crippen LogP contribution in [-0.2, 0) is 32.6 Å². The van der Waals surface area contributed by atoms with E-state index in [4.69, 9.17) is 23.2 Å². The molecule has 0 aromatic heterocycles. The van der Waals surface area contributed by atoms with Crippen molar-refractivity contribution < 1.29 is 22.4 Å². The Balaban J connectivity index is 1.80. The number of anilines is 1. The molecule has 11 heteroatoms. The fourth-order valence-corrected chi connectivity index (χ4v) is 6.55. The van der Waals surface area contributed by atoms with E-state index in [0.29, 0.717) is 17.1 Å². The molecule has 236 valence electrons. The number of carbonyl (C=O) groups excluding carboxylic acids is 2. The number of hydrogen-bond acceptors (Lipinski definition) is 4. The summed E-state index contributed by atoms with van der Waals surface area (Å²) in [6.45, 7) is 1.54. The molecule has 1 N–H and O–H groups in total. The molecule has 4 aromatic carbocycles. The molecule has 0 radical (unpaired) electrons. The summed E-state index contributed by atoms with van der Waals surface area (Å²) in [5.41, 5.74) is 1.07. The van der Waals surface area contributed by atoms with Crippen molar-refractivity contribution in [3.05, 3.63) is 130 Å². The van der Waals surface area contributed by atoms with Crippen LogP contribution in [0.25, 0.3) is 0 Å². The van der Waals surface area contributed by atoms with Crippen molar-refractivity contribution in [1.29, 1.82) is 0 Å². The van der Waals surface area contributed by atoms with Gasteiger partial charge in [0.05, 0.1) is 20.6 Å². The minimum Gasteiger partial charge on any atom is -0.354 e. The van der Waals surface area contributed by atoms with Crippen molar-refractivity contribution in [2.24, 2.45) is 0 Å². The molecule has 1 unspecified atom stereocenters. The maximum absolute atomic E-state index is 15.2. The maximum Gasteiger partial charge on any atom is 0.264 e. The highest BCUT2D eigenvalue weighted by Crippen LogP contribution is 2.28. The lowest BCUT2D eigenvalue weighted by Gasteiger charge is -2.34. The van der Waals surface area contributed by atoms with E-state index in [9.17, 15) is 18.0 Å². The molecule has 0 saturated heterocycles. The molecule has 0 aliphatic heterocycles. The first-order chi connectivity index (χ1) is 21.6. The first-order valence-electron chi connectivity index (χ1n) is 14.5. The Bertz CT molecular complexity index is 1710. The van der Waals surface area contributed by atoms with Gasteiger partial charge in [0.15, 0.2) is 0 Å². The van der Waals surface area contributed by atoms with Crippen LogP contribution >= 0.6 is 23.2 Å². The second-order valence-electron chi connectivity index (χ2n) is 10.4. The van der Waals surface area contributed by atoms with Crippen LogP contribution in [-0.4, -0.2) is 44.3 Å². The summed E-state index contributed by atoms with van der Waals surface area (Å²) in [6.07, 6.45) is 1.74. The SMILES string of the molecule is CCCCNC(=O)C(Cc1ccccc1)N(Cc1ccc(Cl)c(Cl)c1)C(=O)CN(c1ccccc1F)S(=O)(=O)c1ccccc1. The van der Waals surface area contributed by atoms with Crippen molar-refractivity contribution in [2.75, 3.05) is 17.4 Å². The van der Waals surface area contributed by atoms with Crippen molar-refractivity contribution >= 4 is 50.7 Å². The monoisotopic (exact) mass is 669 g/mol. The Morgan fingerprint density at radius 1 is 0.844 bits per heavy atom. The fourth-order valence-electron chi connectivity index (χ4n) is 4.78. The third-order valence-electron chi connectivity index (χ3n) is 7.17. The Labute approximate surface area is 273 Å². The third-order valence-corrected chi connectivity index (χ3v) is 9.68. The number of amides is 2. The molecule has 7 nitrogen and oxygen atoms in total. The third kappa shape index (κ3) is 8.84. The quantitative estimate of drug-likeness (QED) is 0.148. The first kappa shape index (κ1) is 34.0. The minimum absolute atomic E-state index is 0.0923. The number of nitrogens with zero attached hydrogens (tertiary/aromatic N) is 2. The number of carbonyl (C=O) groups is 2. The molecular formula is C34H34Cl2FN3O4S. The molecule has 45 heavy (non-hydrogen) atoms. The normalized spacial score (nSPS) is 11.9. The van der Waals surface area contributed by atoms with Crippen LogP contribution in [0.5, 0.6) is 0 Å². The summed E-state index contributed by atoms with van der Waals surface area (Å²) < 4.78 is 43.8. The van der Waals surface area contributed by atoms with Crippen LogP contribution in [0.1, 0.15) is 30.9 Å². The highest BCUT2D eigenvalue weighted by Gasteiger charge is 2.35.